The van der Waals surface area contributed by atoms with Crippen LogP contribution >= 0.6 is 0 Å². The summed E-state index contributed by atoms with van der Waals surface area (Å²) in [4.78, 5) is 13.8. The van der Waals surface area contributed by atoms with E-state index in [1.165, 1.54) is 17.6 Å². The highest BCUT2D eigenvalue weighted by molar-refractivity contribution is 7.95. The molecule has 0 spiro atoms. The van der Waals surface area contributed by atoms with Crippen molar-refractivity contribution < 1.29 is 23.1 Å². The van der Waals surface area contributed by atoms with Gasteiger partial charge in [0.2, 0.25) is 0 Å². The van der Waals surface area contributed by atoms with E-state index < -0.39 is 28.1 Å². The molecule has 4 aromatic rings. The zero-order valence-electron chi connectivity index (χ0n) is 23.9. The Balaban J connectivity index is 1.41. The summed E-state index contributed by atoms with van der Waals surface area (Å²) in [7, 11) is -0.609. The van der Waals surface area contributed by atoms with E-state index in [4.69, 9.17) is 4.74 Å². The average molecular weight is 589 g/mol. The number of carbonyl (C=O) groups excluding carboxylic acids is 1. The molecule has 1 aromatic heterocycles. The lowest BCUT2D eigenvalue weighted by molar-refractivity contribution is 0.0830. The van der Waals surface area contributed by atoms with Gasteiger partial charge in [-0.2, -0.15) is 0 Å². The second-order valence-corrected chi connectivity index (χ2v) is 12.3. The molecule has 0 fully saturated rings. The molecule has 1 amide bonds. The molecule has 0 radical (unpaired) electrons. The van der Waals surface area contributed by atoms with Crippen LogP contribution in [0.3, 0.4) is 0 Å². The van der Waals surface area contributed by atoms with Gasteiger partial charge in [-0.25, -0.2) is 8.42 Å². The highest BCUT2D eigenvalue weighted by atomic mass is 32.2. The van der Waals surface area contributed by atoms with Gasteiger partial charge in [0.05, 0.1) is 35.9 Å². The van der Waals surface area contributed by atoms with Gasteiger partial charge >= 0.3 is 0 Å². The first-order chi connectivity index (χ1) is 20.2. The Hall–Kier alpha value is -4.12. The van der Waals surface area contributed by atoms with Crippen LogP contribution in [-0.2, 0) is 29.4 Å². The van der Waals surface area contributed by atoms with Gasteiger partial charge in [0.15, 0.2) is 0 Å². The Kier molecular flexibility index (Phi) is 8.67. The molecule has 0 saturated carbocycles. The normalized spacial score (nSPS) is 15.3. The number of aryl methyl sites for hydroxylation is 1. The summed E-state index contributed by atoms with van der Waals surface area (Å²) in [5.41, 5.74) is 4.45. The third kappa shape index (κ3) is 6.20. The molecule has 2 heterocycles. The molecular formula is C32H36N4O5S. The third-order valence-corrected chi connectivity index (χ3v) is 9.07. The Morgan fingerprint density at radius 1 is 1.05 bits per heavy atom. The van der Waals surface area contributed by atoms with Gasteiger partial charge in [0.25, 0.3) is 15.9 Å². The maximum atomic E-state index is 13.8. The van der Waals surface area contributed by atoms with Crippen molar-refractivity contribution in [3.8, 4) is 5.75 Å². The van der Waals surface area contributed by atoms with Gasteiger partial charge in [-0.3, -0.25) is 9.10 Å². The fourth-order valence-electron chi connectivity index (χ4n) is 5.27. The second kappa shape index (κ2) is 12.4. The van der Waals surface area contributed by atoms with Crippen molar-refractivity contribution in [1.82, 2.24) is 15.2 Å². The maximum Gasteiger partial charge on any atom is 0.258 e. The van der Waals surface area contributed by atoms with Crippen molar-refractivity contribution in [1.29, 1.82) is 0 Å². The maximum absolute atomic E-state index is 13.8. The third-order valence-electron chi connectivity index (χ3n) is 7.64. The quantitative estimate of drug-likeness (QED) is 0.245. The molecule has 0 aliphatic carbocycles. The van der Waals surface area contributed by atoms with Crippen LogP contribution in [0.4, 0.5) is 5.69 Å². The number of rotatable bonds is 11. The number of aromatic nitrogens is 1. The lowest BCUT2D eigenvalue weighted by atomic mass is 9.99. The molecule has 3 N–H and O–H groups in total. The van der Waals surface area contributed by atoms with Gasteiger partial charge in [-0.05, 0) is 53.8 Å². The Morgan fingerprint density at radius 2 is 1.81 bits per heavy atom. The summed E-state index contributed by atoms with van der Waals surface area (Å²) in [5.74, 6) is 0.366. The molecule has 0 bridgehead atoms. The molecule has 9 nitrogen and oxygen atoms in total. The Labute approximate surface area is 246 Å². The predicted octanol–water partition coefficient (Wildman–Crippen LogP) is 3.91. The number of amides is 1. The number of nitrogens with one attached hydrogen (secondary N) is 2. The Morgan fingerprint density at radius 3 is 2.55 bits per heavy atom. The van der Waals surface area contributed by atoms with Crippen molar-refractivity contribution in [2.75, 3.05) is 25.0 Å². The number of anilines is 1. The highest BCUT2D eigenvalue weighted by Crippen LogP contribution is 2.36. The minimum absolute atomic E-state index is 0.245. The first-order valence-electron chi connectivity index (χ1n) is 13.9. The van der Waals surface area contributed by atoms with E-state index in [2.05, 4.69) is 10.6 Å². The van der Waals surface area contributed by atoms with Crippen molar-refractivity contribution in [3.63, 3.8) is 0 Å². The van der Waals surface area contributed by atoms with Crippen LogP contribution in [0.25, 0.3) is 17.1 Å². The van der Waals surface area contributed by atoms with Crippen molar-refractivity contribution in [2.24, 2.45) is 0 Å². The van der Waals surface area contributed by atoms with Crippen molar-refractivity contribution in [3.05, 3.63) is 101 Å². The predicted molar refractivity (Wildman–Crippen MR) is 166 cm³/mol. The number of ether oxygens (including phenoxy) is 1. The standard InChI is InChI=1S/C32H36N4O5S/c1-4-24-21-36-13-14-42(39,40)35(2)29-18-25(17-27(24)31(29)36)32(38)34-28(16-22-9-6-5-7-10-22)30(37)20-33-19-23-11-8-12-26(15-23)41-3/h5-15,17-18,21,28,30,33,37H,4,16,19-20H2,1-3H3,(H,34,38)/t28-,30+/m0/s1. The van der Waals surface area contributed by atoms with E-state index in [1.54, 1.807) is 23.8 Å². The van der Waals surface area contributed by atoms with E-state index >= 15 is 0 Å². The number of methoxy groups -OCH3 is 1. The lowest BCUT2D eigenvalue weighted by Crippen LogP contribution is -2.48. The van der Waals surface area contributed by atoms with E-state index in [9.17, 15) is 18.3 Å². The first kappa shape index (κ1) is 29.4. The molecule has 220 valence electrons. The average Bonchev–Trinajstić information content (AvgIpc) is 3.33. The smallest absolute Gasteiger partial charge is 0.258 e. The summed E-state index contributed by atoms with van der Waals surface area (Å²) in [6.07, 6.45) is 3.67. The van der Waals surface area contributed by atoms with E-state index in [-0.39, 0.29) is 6.54 Å². The van der Waals surface area contributed by atoms with Crippen LogP contribution in [0.1, 0.15) is 34.0 Å². The van der Waals surface area contributed by atoms with E-state index in [1.807, 2.05) is 67.7 Å². The summed E-state index contributed by atoms with van der Waals surface area (Å²) in [6, 6.07) is 20.2. The molecule has 0 saturated heterocycles. The molecule has 3 aromatic carbocycles. The largest absolute Gasteiger partial charge is 0.497 e. The fourth-order valence-corrected chi connectivity index (χ4v) is 6.15. The number of hydrogen-bond acceptors (Lipinski definition) is 6. The number of aliphatic hydroxyl groups excluding tert-OH is 1. The zero-order valence-corrected chi connectivity index (χ0v) is 24.8. The number of sulfonamides is 1. The SMILES string of the molecule is CCc1cn2c3c(cc(C(=O)N[C@@H](Cc4ccccc4)[C@H](O)CNCc4cccc(OC)c4)cc13)N(C)S(=O)(=O)C=C2. The van der Waals surface area contributed by atoms with E-state index in [0.717, 1.165) is 38.8 Å². The molecule has 10 heteroatoms. The number of carbonyl (C=O) groups is 1. The number of nitrogens with zero attached hydrogens (tertiary/aromatic N) is 2. The molecule has 2 atom stereocenters. The number of hydrogen-bond donors (Lipinski definition) is 3. The van der Waals surface area contributed by atoms with Crippen molar-refractivity contribution in [2.45, 2.75) is 38.5 Å². The topological polar surface area (TPSA) is 113 Å². The first-order valence-corrected chi connectivity index (χ1v) is 15.4. The summed E-state index contributed by atoms with van der Waals surface area (Å²) >= 11 is 0. The van der Waals surface area contributed by atoms with Gasteiger partial charge in [-0.1, -0.05) is 49.4 Å². The zero-order chi connectivity index (χ0) is 29.9. The molecule has 1 aliphatic rings. The minimum Gasteiger partial charge on any atom is -0.497 e. The van der Waals surface area contributed by atoms with E-state index in [0.29, 0.717) is 30.6 Å². The van der Waals surface area contributed by atoms with Gasteiger partial charge in [0.1, 0.15) is 5.75 Å². The van der Waals surface area contributed by atoms with Gasteiger partial charge in [-0.15, -0.1) is 0 Å². The van der Waals surface area contributed by atoms with Crippen LogP contribution in [0, 0.1) is 0 Å². The van der Waals surface area contributed by atoms with Crippen molar-refractivity contribution >= 4 is 38.7 Å². The van der Waals surface area contributed by atoms with Crippen LogP contribution in [0.2, 0.25) is 0 Å². The fraction of sp³-hybridized carbons (Fsp3) is 0.281. The minimum atomic E-state index is -3.71. The lowest BCUT2D eigenvalue weighted by Gasteiger charge is -2.25. The summed E-state index contributed by atoms with van der Waals surface area (Å²) in [6.45, 7) is 2.78. The summed E-state index contributed by atoms with van der Waals surface area (Å²) < 4.78 is 33.9. The van der Waals surface area contributed by atoms with Gasteiger partial charge < -0.3 is 25.0 Å². The molecule has 1 aliphatic heterocycles. The second-order valence-electron chi connectivity index (χ2n) is 10.4. The van der Waals surface area contributed by atoms with Crippen LogP contribution in [-0.4, -0.2) is 56.8 Å². The Bertz CT molecular complexity index is 1720. The monoisotopic (exact) mass is 588 g/mol. The van der Waals surface area contributed by atoms with Crippen LogP contribution in [0.15, 0.2) is 78.3 Å². The summed E-state index contributed by atoms with van der Waals surface area (Å²) in [5, 5.41) is 19.6. The molecule has 5 rings (SSSR count). The number of aliphatic hydroxyl groups is 1. The molecule has 0 unspecified atom stereocenters. The molecule has 42 heavy (non-hydrogen) atoms. The molecular weight excluding hydrogens is 552 g/mol. The highest BCUT2D eigenvalue weighted by Gasteiger charge is 2.27. The van der Waals surface area contributed by atoms with Crippen LogP contribution in [0.5, 0.6) is 5.75 Å². The van der Waals surface area contributed by atoms with Gasteiger partial charge in [0, 0.05) is 43.5 Å². The number of benzene rings is 3. The van der Waals surface area contributed by atoms with Crippen LogP contribution < -0.4 is 19.7 Å².